The number of hydrogen-bond donors (Lipinski definition) is 1. The molecule has 0 amide bonds. The first-order valence-electron chi connectivity index (χ1n) is 5.89. The number of nitro benzene ring substituents is 1. The van der Waals surface area contributed by atoms with Crippen LogP contribution in [0.5, 0.6) is 0 Å². The second-order valence-electron chi connectivity index (χ2n) is 4.12. The zero-order valence-corrected chi connectivity index (χ0v) is 11.1. The summed E-state index contributed by atoms with van der Waals surface area (Å²) in [6.45, 7) is 0.454. The molecule has 0 radical (unpaired) electrons. The highest BCUT2D eigenvalue weighted by atomic mass is 32.1. The second-order valence-corrected chi connectivity index (χ2v) is 4.84. The van der Waals surface area contributed by atoms with Crippen LogP contribution in [0.1, 0.15) is 5.69 Å². The maximum absolute atomic E-state index is 11.3. The lowest BCUT2D eigenvalue weighted by Gasteiger charge is -2.07. The standard InChI is InChI=1S/C13H10N4O2S/c18-17(19)13-10-2-1-5-14-11(10)3-4-12(13)15-6-9-7-20-8-16-9/h1-5,7-8,15H,6H2. The van der Waals surface area contributed by atoms with E-state index in [-0.39, 0.29) is 10.6 Å². The fraction of sp³-hybridized carbons (Fsp3) is 0.0769. The summed E-state index contributed by atoms with van der Waals surface area (Å²) in [6.07, 6.45) is 1.62. The predicted octanol–water partition coefficient (Wildman–Crippen LogP) is 3.21. The van der Waals surface area contributed by atoms with Gasteiger partial charge in [-0.05, 0) is 24.3 Å². The zero-order valence-electron chi connectivity index (χ0n) is 10.3. The van der Waals surface area contributed by atoms with Crippen molar-refractivity contribution in [3.8, 4) is 0 Å². The van der Waals surface area contributed by atoms with Crippen LogP contribution in [0.3, 0.4) is 0 Å². The number of nitrogens with zero attached hydrogens (tertiary/aromatic N) is 3. The van der Waals surface area contributed by atoms with Crippen LogP contribution < -0.4 is 5.32 Å². The van der Waals surface area contributed by atoms with Crippen LogP contribution in [-0.2, 0) is 6.54 Å². The van der Waals surface area contributed by atoms with Gasteiger partial charge in [0.1, 0.15) is 5.69 Å². The number of fused-ring (bicyclic) bond motifs is 1. The van der Waals surface area contributed by atoms with Gasteiger partial charge in [0.25, 0.3) is 0 Å². The van der Waals surface area contributed by atoms with Crippen molar-refractivity contribution in [1.82, 2.24) is 9.97 Å². The van der Waals surface area contributed by atoms with Crippen LogP contribution in [0.2, 0.25) is 0 Å². The molecular formula is C13H10N4O2S. The Kier molecular flexibility index (Phi) is 3.26. The van der Waals surface area contributed by atoms with E-state index in [0.717, 1.165) is 5.69 Å². The first-order valence-corrected chi connectivity index (χ1v) is 6.83. The molecule has 2 heterocycles. The van der Waals surface area contributed by atoms with E-state index in [0.29, 0.717) is 23.1 Å². The van der Waals surface area contributed by atoms with E-state index in [9.17, 15) is 10.1 Å². The summed E-state index contributed by atoms with van der Waals surface area (Å²) in [7, 11) is 0. The van der Waals surface area contributed by atoms with Crippen LogP contribution >= 0.6 is 11.3 Å². The fourth-order valence-corrected chi connectivity index (χ4v) is 2.55. The third-order valence-electron chi connectivity index (χ3n) is 2.88. The lowest BCUT2D eigenvalue weighted by Crippen LogP contribution is -2.03. The van der Waals surface area contributed by atoms with Crippen molar-refractivity contribution in [2.45, 2.75) is 6.54 Å². The number of aromatic nitrogens is 2. The van der Waals surface area contributed by atoms with E-state index >= 15 is 0 Å². The Hall–Kier alpha value is -2.54. The Labute approximate surface area is 118 Å². The topological polar surface area (TPSA) is 81.0 Å². The first kappa shape index (κ1) is 12.5. The number of pyridine rings is 1. The molecule has 6 nitrogen and oxygen atoms in total. The molecule has 1 N–H and O–H groups in total. The minimum absolute atomic E-state index is 0.0471. The Morgan fingerprint density at radius 3 is 2.95 bits per heavy atom. The van der Waals surface area contributed by atoms with Crippen LogP contribution in [0.4, 0.5) is 11.4 Å². The second kappa shape index (κ2) is 5.22. The van der Waals surface area contributed by atoms with E-state index < -0.39 is 0 Å². The lowest BCUT2D eigenvalue weighted by molar-refractivity contribution is -0.382. The summed E-state index contributed by atoms with van der Waals surface area (Å²) in [6, 6.07) is 6.85. The molecule has 3 aromatic rings. The number of thiazole rings is 1. The number of nitro groups is 1. The minimum Gasteiger partial charge on any atom is -0.374 e. The van der Waals surface area contributed by atoms with Crippen LogP contribution in [0.25, 0.3) is 10.9 Å². The molecule has 3 rings (SSSR count). The number of anilines is 1. The van der Waals surface area contributed by atoms with Crippen molar-refractivity contribution >= 4 is 33.6 Å². The summed E-state index contributed by atoms with van der Waals surface area (Å²) in [5, 5.41) is 16.8. The molecule has 0 aliphatic carbocycles. The molecule has 0 aliphatic rings. The zero-order chi connectivity index (χ0) is 13.9. The fourth-order valence-electron chi connectivity index (χ4n) is 1.99. The van der Waals surface area contributed by atoms with Gasteiger partial charge >= 0.3 is 5.69 Å². The van der Waals surface area contributed by atoms with Gasteiger partial charge in [-0.3, -0.25) is 15.1 Å². The van der Waals surface area contributed by atoms with Gasteiger partial charge in [-0.15, -0.1) is 11.3 Å². The molecule has 20 heavy (non-hydrogen) atoms. The summed E-state index contributed by atoms with van der Waals surface area (Å²) in [5.41, 5.74) is 3.72. The summed E-state index contributed by atoms with van der Waals surface area (Å²) < 4.78 is 0. The van der Waals surface area contributed by atoms with Crippen LogP contribution in [0.15, 0.2) is 41.4 Å². The Morgan fingerprint density at radius 2 is 2.20 bits per heavy atom. The smallest absolute Gasteiger partial charge is 0.301 e. The predicted molar refractivity (Wildman–Crippen MR) is 77.8 cm³/mol. The highest BCUT2D eigenvalue weighted by Crippen LogP contribution is 2.32. The highest BCUT2D eigenvalue weighted by Gasteiger charge is 2.18. The molecule has 1 aromatic carbocycles. The summed E-state index contributed by atoms with van der Waals surface area (Å²) >= 11 is 1.49. The molecule has 0 unspecified atom stereocenters. The minimum atomic E-state index is -0.382. The quantitative estimate of drug-likeness (QED) is 0.588. The van der Waals surface area contributed by atoms with Gasteiger partial charge in [-0.2, -0.15) is 0 Å². The van der Waals surface area contributed by atoms with Crippen molar-refractivity contribution in [3.05, 3.63) is 57.2 Å². The molecule has 100 valence electrons. The lowest BCUT2D eigenvalue weighted by atomic mass is 10.1. The molecule has 7 heteroatoms. The normalized spacial score (nSPS) is 10.6. The third-order valence-corrected chi connectivity index (χ3v) is 3.52. The average molecular weight is 286 g/mol. The average Bonchev–Trinajstić information content (AvgIpc) is 2.97. The molecule has 0 bridgehead atoms. The first-order chi connectivity index (χ1) is 9.75. The Balaban J connectivity index is 2.01. The van der Waals surface area contributed by atoms with Crippen molar-refractivity contribution < 1.29 is 4.92 Å². The molecule has 0 saturated heterocycles. The maximum Gasteiger partial charge on any atom is 0.301 e. The van der Waals surface area contributed by atoms with Crippen molar-refractivity contribution in [1.29, 1.82) is 0 Å². The van der Waals surface area contributed by atoms with Crippen LogP contribution in [0, 0.1) is 10.1 Å². The van der Waals surface area contributed by atoms with Gasteiger partial charge in [0.2, 0.25) is 0 Å². The van der Waals surface area contributed by atoms with Gasteiger partial charge in [-0.1, -0.05) is 0 Å². The number of benzene rings is 1. The van der Waals surface area contributed by atoms with Gasteiger partial charge in [0.15, 0.2) is 0 Å². The maximum atomic E-state index is 11.3. The van der Waals surface area contributed by atoms with Crippen molar-refractivity contribution in [2.75, 3.05) is 5.32 Å². The largest absolute Gasteiger partial charge is 0.374 e. The molecule has 2 aromatic heterocycles. The van der Waals surface area contributed by atoms with Gasteiger partial charge in [0, 0.05) is 11.6 Å². The Morgan fingerprint density at radius 1 is 1.30 bits per heavy atom. The van der Waals surface area contributed by atoms with Gasteiger partial charge in [0.05, 0.1) is 33.6 Å². The summed E-state index contributed by atoms with van der Waals surface area (Å²) in [5.74, 6) is 0. The third kappa shape index (κ3) is 2.30. The number of hydrogen-bond acceptors (Lipinski definition) is 6. The Bertz CT molecular complexity index is 758. The number of rotatable bonds is 4. The van der Waals surface area contributed by atoms with Gasteiger partial charge in [-0.25, -0.2) is 4.98 Å². The van der Waals surface area contributed by atoms with E-state index in [1.54, 1.807) is 36.0 Å². The SMILES string of the molecule is O=[N+]([O-])c1c(NCc2cscn2)ccc2ncccc12. The molecular weight excluding hydrogens is 276 g/mol. The molecule has 0 saturated carbocycles. The molecule has 0 atom stereocenters. The molecule has 0 fully saturated rings. The van der Waals surface area contributed by atoms with Crippen molar-refractivity contribution in [2.24, 2.45) is 0 Å². The van der Waals surface area contributed by atoms with E-state index in [1.165, 1.54) is 11.3 Å². The van der Waals surface area contributed by atoms with E-state index in [1.807, 2.05) is 5.38 Å². The molecule has 0 aliphatic heterocycles. The van der Waals surface area contributed by atoms with Gasteiger partial charge < -0.3 is 5.32 Å². The highest BCUT2D eigenvalue weighted by molar-refractivity contribution is 7.07. The van der Waals surface area contributed by atoms with Crippen LogP contribution in [-0.4, -0.2) is 14.9 Å². The monoisotopic (exact) mass is 286 g/mol. The van der Waals surface area contributed by atoms with E-state index in [2.05, 4.69) is 15.3 Å². The summed E-state index contributed by atoms with van der Waals surface area (Å²) in [4.78, 5) is 19.2. The van der Waals surface area contributed by atoms with E-state index in [4.69, 9.17) is 0 Å². The number of nitrogens with one attached hydrogen (secondary N) is 1. The van der Waals surface area contributed by atoms with Crippen molar-refractivity contribution in [3.63, 3.8) is 0 Å². The molecule has 0 spiro atoms.